The average Bonchev–Trinajstić information content (AvgIpc) is 2.53. The molecular formula is C19H21F2IN2O2. The smallest absolute Gasteiger partial charge is 0.217 e. The third-order valence-electron chi connectivity index (χ3n) is 3.80. The second-order valence-electron chi connectivity index (χ2n) is 6.12. The number of carbonyl (C=O) groups is 1. The third kappa shape index (κ3) is 6.97. The van der Waals surface area contributed by atoms with Crippen molar-refractivity contribution in [2.45, 2.75) is 32.0 Å². The van der Waals surface area contributed by atoms with Crippen LogP contribution in [0, 0.1) is 15.2 Å². The van der Waals surface area contributed by atoms with Crippen molar-refractivity contribution >= 4 is 28.5 Å². The second-order valence-corrected chi connectivity index (χ2v) is 7.36. The maximum atomic E-state index is 13.4. The Morgan fingerprint density at radius 3 is 2.46 bits per heavy atom. The highest BCUT2D eigenvalue weighted by Crippen LogP contribution is 2.12. The molecule has 0 radical (unpaired) electrons. The predicted molar refractivity (Wildman–Crippen MR) is 105 cm³/mol. The van der Waals surface area contributed by atoms with Gasteiger partial charge in [0.15, 0.2) is 0 Å². The van der Waals surface area contributed by atoms with E-state index in [9.17, 15) is 18.7 Å². The van der Waals surface area contributed by atoms with Crippen LogP contribution in [0.1, 0.15) is 18.1 Å². The number of amides is 1. The first kappa shape index (κ1) is 20.7. The molecular weight excluding hydrogens is 453 g/mol. The average molecular weight is 474 g/mol. The number of benzene rings is 2. The van der Waals surface area contributed by atoms with Crippen molar-refractivity contribution in [2.24, 2.45) is 0 Å². The van der Waals surface area contributed by atoms with Gasteiger partial charge < -0.3 is 15.7 Å². The number of aliphatic hydroxyl groups is 1. The van der Waals surface area contributed by atoms with Gasteiger partial charge in [0.25, 0.3) is 0 Å². The van der Waals surface area contributed by atoms with E-state index in [1.807, 2.05) is 24.3 Å². The number of halogens is 3. The molecule has 0 aliphatic carbocycles. The molecule has 0 saturated heterocycles. The quantitative estimate of drug-likeness (QED) is 0.516. The third-order valence-corrected chi connectivity index (χ3v) is 4.47. The fourth-order valence-corrected chi connectivity index (χ4v) is 3.29. The Balaban J connectivity index is 1.97. The van der Waals surface area contributed by atoms with E-state index in [1.54, 1.807) is 0 Å². The Morgan fingerprint density at radius 1 is 1.15 bits per heavy atom. The molecule has 0 unspecified atom stereocenters. The van der Waals surface area contributed by atoms with Crippen molar-refractivity contribution in [1.29, 1.82) is 0 Å². The van der Waals surface area contributed by atoms with E-state index in [0.29, 0.717) is 12.1 Å². The number of hydrogen-bond donors (Lipinski definition) is 3. The summed E-state index contributed by atoms with van der Waals surface area (Å²) >= 11 is 2.23. The van der Waals surface area contributed by atoms with Crippen LogP contribution >= 0.6 is 22.6 Å². The van der Waals surface area contributed by atoms with E-state index >= 15 is 0 Å². The highest BCUT2D eigenvalue weighted by molar-refractivity contribution is 14.1. The summed E-state index contributed by atoms with van der Waals surface area (Å²) in [4.78, 5) is 11.4. The Bertz CT molecular complexity index is 738. The molecule has 140 valence electrons. The fraction of sp³-hybridized carbons (Fsp3) is 0.316. The first-order valence-electron chi connectivity index (χ1n) is 8.19. The van der Waals surface area contributed by atoms with Crippen LogP contribution in [0.3, 0.4) is 0 Å². The monoisotopic (exact) mass is 474 g/mol. The van der Waals surface area contributed by atoms with Gasteiger partial charge >= 0.3 is 0 Å². The van der Waals surface area contributed by atoms with Gasteiger partial charge in [-0.2, -0.15) is 0 Å². The van der Waals surface area contributed by atoms with Crippen molar-refractivity contribution in [2.75, 3.05) is 6.54 Å². The first-order valence-corrected chi connectivity index (χ1v) is 9.26. The van der Waals surface area contributed by atoms with Gasteiger partial charge in [0.2, 0.25) is 5.91 Å². The summed E-state index contributed by atoms with van der Waals surface area (Å²) in [5, 5.41) is 16.2. The van der Waals surface area contributed by atoms with Crippen LogP contribution in [0.15, 0.2) is 42.5 Å². The summed E-state index contributed by atoms with van der Waals surface area (Å²) in [6, 6.07) is 10.5. The molecule has 2 aromatic rings. The van der Waals surface area contributed by atoms with E-state index in [-0.39, 0.29) is 18.9 Å². The lowest BCUT2D eigenvalue weighted by atomic mass is 10.0. The molecule has 4 nitrogen and oxygen atoms in total. The van der Waals surface area contributed by atoms with Gasteiger partial charge in [-0.25, -0.2) is 8.78 Å². The van der Waals surface area contributed by atoms with Crippen LogP contribution in [0.25, 0.3) is 0 Å². The molecule has 2 atom stereocenters. The normalized spacial score (nSPS) is 13.3. The van der Waals surface area contributed by atoms with Gasteiger partial charge in [0.05, 0.1) is 12.1 Å². The minimum Gasteiger partial charge on any atom is -0.390 e. The Morgan fingerprint density at radius 2 is 1.85 bits per heavy atom. The minimum absolute atomic E-state index is 0.125. The summed E-state index contributed by atoms with van der Waals surface area (Å²) in [5.41, 5.74) is 1.45. The van der Waals surface area contributed by atoms with Crippen molar-refractivity contribution in [3.8, 4) is 0 Å². The predicted octanol–water partition coefficient (Wildman–Crippen LogP) is 2.77. The summed E-state index contributed by atoms with van der Waals surface area (Å²) in [6.07, 6.45) is -0.784. The molecule has 0 aliphatic heterocycles. The van der Waals surface area contributed by atoms with Crippen LogP contribution in [0.2, 0.25) is 0 Å². The Labute approximate surface area is 165 Å². The molecule has 0 saturated carbocycles. The Kier molecular flexibility index (Phi) is 7.92. The topological polar surface area (TPSA) is 61.4 Å². The number of rotatable bonds is 8. The molecule has 0 heterocycles. The van der Waals surface area contributed by atoms with Crippen LogP contribution in [-0.4, -0.2) is 29.7 Å². The lowest BCUT2D eigenvalue weighted by Gasteiger charge is -2.24. The molecule has 0 fully saturated rings. The van der Waals surface area contributed by atoms with Gasteiger partial charge in [-0.1, -0.05) is 12.1 Å². The minimum atomic E-state index is -0.909. The maximum Gasteiger partial charge on any atom is 0.217 e. The zero-order valence-corrected chi connectivity index (χ0v) is 16.5. The SMILES string of the molecule is CC(=O)N[C@@H](Cc1cc(F)cc(F)c1)[C@@H](O)CNCc1cccc(I)c1. The van der Waals surface area contributed by atoms with Crippen LogP contribution in [0.4, 0.5) is 8.78 Å². The first-order chi connectivity index (χ1) is 12.3. The maximum absolute atomic E-state index is 13.4. The fourth-order valence-electron chi connectivity index (χ4n) is 2.68. The summed E-state index contributed by atoms with van der Waals surface area (Å²) in [6.45, 7) is 2.13. The van der Waals surface area contributed by atoms with E-state index in [0.717, 1.165) is 15.2 Å². The van der Waals surface area contributed by atoms with Crippen molar-refractivity contribution in [3.63, 3.8) is 0 Å². The van der Waals surface area contributed by atoms with Crippen LogP contribution < -0.4 is 10.6 Å². The Hall–Kier alpha value is -1.58. The van der Waals surface area contributed by atoms with E-state index < -0.39 is 23.8 Å². The molecule has 26 heavy (non-hydrogen) atoms. The highest BCUT2D eigenvalue weighted by atomic mass is 127. The van der Waals surface area contributed by atoms with Crippen LogP contribution in [0.5, 0.6) is 0 Å². The standard InChI is InChI=1S/C19H21F2IN2O2/c1-12(25)24-18(8-14-5-15(20)9-16(21)6-14)19(26)11-23-10-13-3-2-4-17(22)7-13/h2-7,9,18-19,23,26H,8,10-11H2,1H3,(H,24,25)/t18-,19-/m0/s1. The van der Waals surface area contributed by atoms with Gasteiger partial charge in [-0.3, -0.25) is 4.79 Å². The molecule has 0 spiro atoms. The van der Waals surface area contributed by atoms with Gasteiger partial charge in [-0.05, 0) is 64.4 Å². The largest absolute Gasteiger partial charge is 0.390 e. The molecule has 3 N–H and O–H groups in total. The molecule has 7 heteroatoms. The van der Waals surface area contributed by atoms with E-state index in [4.69, 9.17) is 0 Å². The number of hydrogen-bond acceptors (Lipinski definition) is 3. The van der Waals surface area contributed by atoms with Gasteiger partial charge in [0, 0.05) is 29.6 Å². The summed E-state index contributed by atoms with van der Waals surface area (Å²) < 4.78 is 27.8. The van der Waals surface area contributed by atoms with Crippen LogP contribution in [-0.2, 0) is 17.8 Å². The van der Waals surface area contributed by atoms with Gasteiger partial charge in [0.1, 0.15) is 11.6 Å². The lowest BCUT2D eigenvalue weighted by molar-refractivity contribution is -0.120. The van der Waals surface area contributed by atoms with Crippen molar-refractivity contribution in [3.05, 3.63) is 68.8 Å². The number of carbonyl (C=O) groups excluding carboxylic acids is 1. The van der Waals surface area contributed by atoms with Crippen molar-refractivity contribution < 1.29 is 18.7 Å². The molecule has 0 bridgehead atoms. The molecule has 2 rings (SSSR count). The van der Waals surface area contributed by atoms with E-state index in [1.165, 1.54) is 19.1 Å². The second kappa shape index (κ2) is 9.94. The molecule has 0 aromatic heterocycles. The number of nitrogens with one attached hydrogen (secondary N) is 2. The highest BCUT2D eigenvalue weighted by Gasteiger charge is 2.21. The molecule has 0 aliphatic rings. The zero-order valence-electron chi connectivity index (χ0n) is 14.3. The zero-order chi connectivity index (χ0) is 19.1. The lowest BCUT2D eigenvalue weighted by Crippen LogP contribution is -2.48. The molecule has 1 amide bonds. The molecule has 2 aromatic carbocycles. The summed E-state index contributed by atoms with van der Waals surface area (Å²) in [7, 11) is 0. The van der Waals surface area contributed by atoms with Gasteiger partial charge in [-0.15, -0.1) is 0 Å². The van der Waals surface area contributed by atoms with E-state index in [2.05, 4.69) is 33.2 Å². The van der Waals surface area contributed by atoms with Crippen molar-refractivity contribution in [1.82, 2.24) is 10.6 Å². The summed E-state index contributed by atoms with van der Waals surface area (Å²) in [5.74, 6) is -1.69. The number of aliphatic hydroxyl groups excluding tert-OH is 1.